The smallest absolute Gasteiger partial charge is 0.394 e. The zero-order valence-corrected chi connectivity index (χ0v) is 11.1. The molecule has 0 aliphatic carbocycles. The third-order valence-electron chi connectivity index (χ3n) is 3.29. The lowest BCUT2D eigenvalue weighted by molar-refractivity contribution is -0.144. The molecule has 2 heterocycles. The number of nitrogens with zero attached hydrogens (tertiary/aromatic N) is 4. The Bertz CT molecular complexity index is 469. The summed E-state index contributed by atoms with van der Waals surface area (Å²) in [4.78, 5) is 5.27. The Labute approximate surface area is 109 Å². The quantitative estimate of drug-likeness (QED) is 0.889. The van der Waals surface area contributed by atoms with Crippen molar-refractivity contribution in [3.05, 3.63) is 5.82 Å². The molecule has 108 valence electrons. The molecule has 1 aliphatic heterocycles. The molecule has 5 nitrogen and oxygen atoms in total. The van der Waals surface area contributed by atoms with Crippen LogP contribution >= 0.6 is 0 Å². The van der Waals surface area contributed by atoms with E-state index in [0.717, 1.165) is 4.68 Å². The van der Waals surface area contributed by atoms with Crippen LogP contribution in [0.25, 0.3) is 0 Å². The average molecular weight is 278 g/mol. The van der Waals surface area contributed by atoms with Gasteiger partial charge < -0.3 is 10.0 Å². The SMILES string of the molecule is Cn1nc(C(F)(F)F)nc1N1CC(C)(C)CC1CO. The molecule has 0 aromatic carbocycles. The molecular weight excluding hydrogens is 261 g/mol. The van der Waals surface area contributed by atoms with Crippen LogP contribution in [0.15, 0.2) is 0 Å². The van der Waals surface area contributed by atoms with Crippen molar-refractivity contribution in [3.63, 3.8) is 0 Å². The number of halogens is 3. The largest absolute Gasteiger partial charge is 0.453 e. The van der Waals surface area contributed by atoms with Gasteiger partial charge in [0.2, 0.25) is 5.95 Å². The maximum atomic E-state index is 12.6. The first-order valence-electron chi connectivity index (χ1n) is 6.00. The number of aryl methyl sites for hydroxylation is 1. The van der Waals surface area contributed by atoms with Crippen LogP contribution in [0, 0.1) is 5.41 Å². The lowest BCUT2D eigenvalue weighted by Crippen LogP contribution is -2.34. The third kappa shape index (κ3) is 2.68. The number of aromatic nitrogens is 3. The van der Waals surface area contributed by atoms with Gasteiger partial charge in [0.15, 0.2) is 0 Å². The Morgan fingerprint density at radius 3 is 2.53 bits per heavy atom. The molecule has 1 aliphatic rings. The van der Waals surface area contributed by atoms with Crippen LogP contribution in [0.5, 0.6) is 0 Å². The summed E-state index contributed by atoms with van der Waals surface area (Å²) < 4.78 is 38.9. The van der Waals surface area contributed by atoms with Crippen LogP contribution in [-0.2, 0) is 13.2 Å². The van der Waals surface area contributed by atoms with Crippen molar-refractivity contribution >= 4 is 5.95 Å². The number of hydrogen-bond acceptors (Lipinski definition) is 4. The molecule has 1 aromatic heterocycles. The summed E-state index contributed by atoms with van der Waals surface area (Å²) in [6, 6.07) is -0.223. The number of aliphatic hydroxyl groups is 1. The van der Waals surface area contributed by atoms with E-state index < -0.39 is 12.0 Å². The van der Waals surface area contributed by atoms with Crippen LogP contribution in [0.1, 0.15) is 26.1 Å². The monoisotopic (exact) mass is 278 g/mol. The van der Waals surface area contributed by atoms with E-state index in [2.05, 4.69) is 10.1 Å². The van der Waals surface area contributed by atoms with Gasteiger partial charge in [0.25, 0.3) is 5.82 Å². The van der Waals surface area contributed by atoms with E-state index in [0.29, 0.717) is 13.0 Å². The van der Waals surface area contributed by atoms with E-state index in [1.807, 2.05) is 13.8 Å². The first kappa shape index (κ1) is 14.1. The van der Waals surface area contributed by atoms with Crippen LogP contribution in [-0.4, -0.2) is 39.1 Å². The molecule has 1 aromatic rings. The second kappa shape index (κ2) is 4.36. The summed E-state index contributed by atoms with van der Waals surface area (Å²) in [5.74, 6) is -0.997. The standard InChI is InChI=1S/C11H17F3N4O/c1-10(2)4-7(5-19)18(6-10)9-15-8(11(12,13)14)16-17(9)3/h7,19H,4-6H2,1-3H3. The number of aliphatic hydroxyl groups excluding tert-OH is 1. The highest BCUT2D eigenvalue weighted by molar-refractivity contribution is 5.36. The van der Waals surface area contributed by atoms with Gasteiger partial charge in [-0.1, -0.05) is 13.8 Å². The first-order valence-corrected chi connectivity index (χ1v) is 6.00. The van der Waals surface area contributed by atoms with Gasteiger partial charge in [0.05, 0.1) is 12.6 Å². The van der Waals surface area contributed by atoms with Gasteiger partial charge in [-0.2, -0.15) is 18.2 Å². The van der Waals surface area contributed by atoms with E-state index in [4.69, 9.17) is 0 Å². The van der Waals surface area contributed by atoms with Crippen molar-refractivity contribution in [1.29, 1.82) is 0 Å². The molecule has 2 rings (SSSR count). The van der Waals surface area contributed by atoms with Gasteiger partial charge in [-0.05, 0) is 11.8 Å². The summed E-state index contributed by atoms with van der Waals surface area (Å²) in [6.07, 6.45) is -3.85. The van der Waals surface area contributed by atoms with Crippen molar-refractivity contribution in [2.75, 3.05) is 18.1 Å². The van der Waals surface area contributed by atoms with Gasteiger partial charge in [-0.3, -0.25) is 0 Å². The fraction of sp³-hybridized carbons (Fsp3) is 0.818. The molecule has 0 radical (unpaired) electrons. The van der Waals surface area contributed by atoms with Crippen molar-refractivity contribution in [1.82, 2.24) is 14.8 Å². The molecule has 8 heteroatoms. The Morgan fingerprint density at radius 1 is 1.42 bits per heavy atom. The van der Waals surface area contributed by atoms with Crippen molar-refractivity contribution < 1.29 is 18.3 Å². The van der Waals surface area contributed by atoms with Crippen LogP contribution in [0.2, 0.25) is 0 Å². The Balaban J connectivity index is 2.34. The highest BCUT2D eigenvalue weighted by Crippen LogP contribution is 2.37. The highest BCUT2D eigenvalue weighted by Gasteiger charge is 2.42. The van der Waals surface area contributed by atoms with Crippen molar-refractivity contribution in [2.45, 2.75) is 32.5 Å². The molecule has 1 saturated heterocycles. The Kier molecular flexibility index (Phi) is 3.24. The van der Waals surface area contributed by atoms with Gasteiger partial charge in [0, 0.05) is 13.6 Å². The second-order valence-corrected chi connectivity index (χ2v) is 5.69. The fourth-order valence-electron chi connectivity index (χ4n) is 2.55. The minimum atomic E-state index is -4.56. The summed E-state index contributed by atoms with van der Waals surface area (Å²) in [6.45, 7) is 4.45. The predicted octanol–water partition coefficient (Wildman–Crippen LogP) is 1.43. The number of anilines is 1. The highest BCUT2D eigenvalue weighted by atomic mass is 19.4. The molecule has 1 atom stereocenters. The van der Waals surface area contributed by atoms with Crippen LogP contribution in [0.4, 0.5) is 19.1 Å². The van der Waals surface area contributed by atoms with E-state index >= 15 is 0 Å². The maximum absolute atomic E-state index is 12.6. The molecule has 0 saturated carbocycles. The molecule has 0 spiro atoms. The third-order valence-corrected chi connectivity index (χ3v) is 3.29. The van der Waals surface area contributed by atoms with Crippen molar-refractivity contribution in [3.8, 4) is 0 Å². The fourth-order valence-corrected chi connectivity index (χ4v) is 2.55. The summed E-state index contributed by atoms with van der Waals surface area (Å²) >= 11 is 0. The molecular formula is C11H17F3N4O. The lowest BCUT2D eigenvalue weighted by Gasteiger charge is -2.23. The number of rotatable bonds is 2. The predicted molar refractivity (Wildman–Crippen MR) is 62.6 cm³/mol. The zero-order chi connectivity index (χ0) is 14.4. The minimum absolute atomic E-state index is 0.0717. The molecule has 0 amide bonds. The molecule has 19 heavy (non-hydrogen) atoms. The maximum Gasteiger partial charge on any atom is 0.453 e. The molecule has 1 fully saturated rings. The van der Waals surface area contributed by atoms with Gasteiger partial charge in [-0.15, -0.1) is 5.10 Å². The second-order valence-electron chi connectivity index (χ2n) is 5.69. The molecule has 1 N–H and O–H groups in total. The van der Waals surface area contributed by atoms with E-state index in [1.54, 1.807) is 4.90 Å². The Morgan fingerprint density at radius 2 is 2.05 bits per heavy atom. The molecule has 0 bridgehead atoms. The average Bonchev–Trinajstić information content (AvgIpc) is 2.77. The van der Waals surface area contributed by atoms with E-state index in [1.165, 1.54) is 7.05 Å². The summed E-state index contributed by atoms with van der Waals surface area (Å²) in [5.41, 5.74) is -0.0717. The van der Waals surface area contributed by atoms with Gasteiger partial charge in [0.1, 0.15) is 0 Å². The topological polar surface area (TPSA) is 54.2 Å². The first-order chi connectivity index (χ1) is 8.64. The van der Waals surface area contributed by atoms with Gasteiger partial charge >= 0.3 is 6.18 Å². The molecule has 1 unspecified atom stereocenters. The zero-order valence-electron chi connectivity index (χ0n) is 11.1. The summed E-state index contributed by atoms with van der Waals surface area (Å²) in [7, 11) is 1.43. The number of hydrogen-bond donors (Lipinski definition) is 1. The van der Waals surface area contributed by atoms with E-state index in [9.17, 15) is 18.3 Å². The van der Waals surface area contributed by atoms with Crippen LogP contribution in [0.3, 0.4) is 0 Å². The summed E-state index contributed by atoms with van der Waals surface area (Å²) in [5, 5.41) is 12.8. The normalized spacial score (nSPS) is 23.1. The van der Waals surface area contributed by atoms with Crippen molar-refractivity contribution in [2.24, 2.45) is 12.5 Å². The van der Waals surface area contributed by atoms with E-state index in [-0.39, 0.29) is 24.0 Å². The number of alkyl halides is 3. The van der Waals surface area contributed by atoms with Crippen LogP contribution < -0.4 is 4.90 Å². The minimum Gasteiger partial charge on any atom is -0.394 e. The van der Waals surface area contributed by atoms with Gasteiger partial charge in [-0.25, -0.2) is 4.68 Å². The Hall–Kier alpha value is -1.31. The lowest BCUT2D eigenvalue weighted by atomic mass is 9.91.